The third-order valence-corrected chi connectivity index (χ3v) is 4.76. The first-order valence-electron chi connectivity index (χ1n) is 8.56. The fourth-order valence-electron chi connectivity index (χ4n) is 2.92. The molecule has 1 aliphatic heterocycles. The second-order valence-electron chi connectivity index (χ2n) is 7.32. The number of rotatable bonds is 5. The maximum atomic E-state index is 12.3. The maximum Gasteiger partial charge on any atom is 0.408 e. The molecule has 2 heterocycles. The van der Waals surface area contributed by atoms with E-state index in [9.17, 15) is 4.79 Å². The number of halogens is 2. The standard InChI is InChI=1S/C18H26BrClN2O3/c1-18(2,3)25-17(23)22-15(8-12-4-6-24-7-5-12)16-13(10-20)9-14(19)11-21-16/h9,11-12,15H,4-8,10H2,1-3H3,(H,22,23)/t15-/m0/s1. The fraction of sp³-hybridized carbons (Fsp3) is 0.667. The van der Waals surface area contributed by atoms with E-state index in [2.05, 4.69) is 26.2 Å². The predicted molar refractivity (Wildman–Crippen MR) is 102 cm³/mol. The summed E-state index contributed by atoms with van der Waals surface area (Å²) in [5, 5.41) is 2.99. The molecule has 0 spiro atoms. The minimum absolute atomic E-state index is 0.236. The molecule has 5 nitrogen and oxygen atoms in total. The van der Waals surface area contributed by atoms with Gasteiger partial charge in [0.05, 0.1) is 11.7 Å². The lowest BCUT2D eigenvalue weighted by molar-refractivity contribution is 0.0449. The summed E-state index contributed by atoms with van der Waals surface area (Å²) in [5.41, 5.74) is 1.16. The molecular formula is C18H26BrClN2O3. The van der Waals surface area contributed by atoms with Crippen LogP contribution in [-0.2, 0) is 15.4 Å². The molecule has 1 amide bonds. The number of amides is 1. The Balaban J connectivity index is 2.20. The number of nitrogens with one attached hydrogen (secondary N) is 1. The average Bonchev–Trinajstić information content (AvgIpc) is 2.53. The first-order valence-corrected chi connectivity index (χ1v) is 9.89. The van der Waals surface area contributed by atoms with Crippen molar-refractivity contribution in [2.45, 2.75) is 57.6 Å². The molecule has 0 bridgehead atoms. The number of carbonyl (C=O) groups is 1. The van der Waals surface area contributed by atoms with E-state index in [1.807, 2.05) is 26.8 Å². The summed E-state index contributed by atoms with van der Waals surface area (Å²) >= 11 is 9.53. The lowest BCUT2D eigenvalue weighted by atomic mass is 9.90. The fourth-order valence-corrected chi connectivity index (χ4v) is 3.51. The van der Waals surface area contributed by atoms with Crippen LogP contribution in [0.2, 0.25) is 0 Å². The molecule has 2 rings (SSSR count). The quantitative estimate of drug-likeness (QED) is 0.666. The van der Waals surface area contributed by atoms with E-state index in [0.29, 0.717) is 11.8 Å². The van der Waals surface area contributed by atoms with Crippen LogP contribution >= 0.6 is 27.5 Å². The van der Waals surface area contributed by atoms with E-state index in [1.54, 1.807) is 6.20 Å². The number of alkyl halides is 1. The molecule has 0 aromatic carbocycles. The van der Waals surface area contributed by atoms with E-state index < -0.39 is 11.7 Å². The maximum absolute atomic E-state index is 12.3. The van der Waals surface area contributed by atoms with Crippen LogP contribution in [0.5, 0.6) is 0 Å². The summed E-state index contributed by atoms with van der Waals surface area (Å²) in [6, 6.07) is 1.71. The molecular weight excluding hydrogens is 408 g/mol. The summed E-state index contributed by atoms with van der Waals surface area (Å²) in [4.78, 5) is 16.9. The monoisotopic (exact) mass is 432 g/mol. The van der Waals surface area contributed by atoms with Gasteiger partial charge in [-0.05, 0) is 73.5 Å². The highest BCUT2D eigenvalue weighted by atomic mass is 79.9. The largest absolute Gasteiger partial charge is 0.444 e. The van der Waals surface area contributed by atoms with Gasteiger partial charge in [0.2, 0.25) is 0 Å². The van der Waals surface area contributed by atoms with E-state index in [4.69, 9.17) is 21.1 Å². The lowest BCUT2D eigenvalue weighted by Gasteiger charge is -2.29. The second kappa shape index (κ2) is 9.19. The summed E-state index contributed by atoms with van der Waals surface area (Å²) in [6.45, 7) is 7.08. The van der Waals surface area contributed by atoms with Crippen LogP contribution in [0.15, 0.2) is 16.7 Å². The molecule has 0 aliphatic carbocycles. The average molecular weight is 434 g/mol. The Kier molecular flexibility index (Phi) is 7.52. The summed E-state index contributed by atoms with van der Waals surface area (Å²) < 4.78 is 11.7. The minimum Gasteiger partial charge on any atom is -0.444 e. The van der Waals surface area contributed by atoms with Crippen molar-refractivity contribution in [1.82, 2.24) is 10.3 Å². The highest BCUT2D eigenvalue weighted by molar-refractivity contribution is 9.10. The van der Waals surface area contributed by atoms with Crippen molar-refractivity contribution in [2.24, 2.45) is 5.92 Å². The molecule has 1 aromatic rings. The number of aromatic nitrogens is 1. The molecule has 7 heteroatoms. The normalized spacial score (nSPS) is 17.2. The third kappa shape index (κ3) is 6.76. The van der Waals surface area contributed by atoms with Crippen molar-refractivity contribution in [3.05, 3.63) is 28.0 Å². The van der Waals surface area contributed by atoms with Gasteiger partial charge in [-0.25, -0.2) is 4.79 Å². The van der Waals surface area contributed by atoms with Gasteiger partial charge in [0.1, 0.15) is 5.60 Å². The van der Waals surface area contributed by atoms with Gasteiger partial charge in [0.15, 0.2) is 0 Å². The number of nitrogens with zero attached hydrogens (tertiary/aromatic N) is 1. The molecule has 0 saturated carbocycles. The van der Waals surface area contributed by atoms with Crippen molar-refractivity contribution >= 4 is 33.6 Å². The van der Waals surface area contributed by atoms with E-state index in [-0.39, 0.29) is 6.04 Å². The van der Waals surface area contributed by atoms with E-state index in [0.717, 1.165) is 48.2 Å². The van der Waals surface area contributed by atoms with Gasteiger partial charge in [0, 0.05) is 29.8 Å². The van der Waals surface area contributed by atoms with Crippen molar-refractivity contribution < 1.29 is 14.3 Å². The first-order chi connectivity index (χ1) is 11.8. The highest BCUT2D eigenvalue weighted by Gasteiger charge is 2.27. The number of alkyl carbamates (subject to hydrolysis) is 1. The molecule has 140 valence electrons. The Morgan fingerprint density at radius 2 is 2.16 bits per heavy atom. The number of ether oxygens (including phenoxy) is 2. The summed E-state index contributed by atoms with van der Waals surface area (Å²) in [5.74, 6) is 0.810. The molecule has 0 radical (unpaired) electrons. The Bertz CT molecular complexity index is 586. The number of pyridine rings is 1. The third-order valence-electron chi connectivity index (χ3n) is 4.04. The minimum atomic E-state index is -0.546. The molecule has 1 aliphatic rings. The van der Waals surface area contributed by atoms with Crippen LogP contribution in [0.3, 0.4) is 0 Å². The van der Waals surface area contributed by atoms with Crippen LogP contribution in [-0.4, -0.2) is 29.9 Å². The Morgan fingerprint density at radius 1 is 1.48 bits per heavy atom. The van der Waals surface area contributed by atoms with Crippen LogP contribution in [0.4, 0.5) is 4.79 Å². The van der Waals surface area contributed by atoms with Gasteiger partial charge in [-0.3, -0.25) is 4.98 Å². The topological polar surface area (TPSA) is 60.5 Å². The van der Waals surface area contributed by atoms with E-state index >= 15 is 0 Å². The van der Waals surface area contributed by atoms with Crippen molar-refractivity contribution in [3.63, 3.8) is 0 Å². The molecule has 1 saturated heterocycles. The number of hydrogen-bond donors (Lipinski definition) is 1. The zero-order chi connectivity index (χ0) is 18.4. The molecule has 1 N–H and O–H groups in total. The number of hydrogen-bond acceptors (Lipinski definition) is 4. The zero-order valence-corrected chi connectivity index (χ0v) is 17.3. The summed E-state index contributed by atoms with van der Waals surface area (Å²) in [7, 11) is 0. The predicted octanol–water partition coefficient (Wildman–Crippen LogP) is 4.97. The first kappa shape index (κ1) is 20.5. The van der Waals surface area contributed by atoms with Gasteiger partial charge >= 0.3 is 6.09 Å². The van der Waals surface area contributed by atoms with Crippen LogP contribution in [0, 0.1) is 5.92 Å². The lowest BCUT2D eigenvalue weighted by Crippen LogP contribution is -2.37. The molecule has 1 fully saturated rings. The van der Waals surface area contributed by atoms with E-state index in [1.165, 1.54) is 0 Å². The second-order valence-corrected chi connectivity index (χ2v) is 8.50. The van der Waals surface area contributed by atoms with Crippen molar-refractivity contribution in [1.29, 1.82) is 0 Å². The van der Waals surface area contributed by atoms with Gasteiger partial charge < -0.3 is 14.8 Å². The van der Waals surface area contributed by atoms with Crippen LogP contribution in [0.25, 0.3) is 0 Å². The summed E-state index contributed by atoms with van der Waals surface area (Å²) in [6.07, 6.45) is 4.06. The van der Waals surface area contributed by atoms with Gasteiger partial charge in [-0.2, -0.15) is 0 Å². The van der Waals surface area contributed by atoms with Crippen molar-refractivity contribution in [3.8, 4) is 0 Å². The molecule has 0 unspecified atom stereocenters. The molecule has 1 atom stereocenters. The van der Waals surface area contributed by atoms with Crippen LogP contribution in [0.1, 0.15) is 57.3 Å². The molecule has 25 heavy (non-hydrogen) atoms. The zero-order valence-electron chi connectivity index (χ0n) is 15.0. The van der Waals surface area contributed by atoms with Gasteiger partial charge in [-0.1, -0.05) is 0 Å². The smallest absolute Gasteiger partial charge is 0.408 e. The Morgan fingerprint density at radius 3 is 2.76 bits per heavy atom. The highest BCUT2D eigenvalue weighted by Crippen LogP contribution is 2.30. The SMILES string of the molecule is CC(C)(C)OC(=O)N[C@@H](CC1CCOCC1)c1ncc(Br)cc1CCl. The Hall–Kier alpha value is -0.850. The van der Waals surface area contributed by atoms with Gasteiger partial charge in [-0.15, -0.1) is 11.6 Å². The van der Waals surface area contributed by atoms with Crippen LogP contribution < -0.4 is 5.32 Å². The molecule has 1 aromatic heterocycles. The van der Waals surface area contributed by atoms with Crippen molar-refractivity contribution in [2.75, 3.05) is 13.2 Å². The Labute approximate surface area is 162 Å². The number of carbonyl (C=O) groups excluding carboxylic acids is 1. The van der Waals surface area contributed by atoms with Gasteiger partial charge in [0.25, 0.3) is 0 Å².